The maximum Gasteiger partial charge on any atom is 0.264 e. The van der Waals surface area contributed by atoms with Gasteiger partial charge < -0.3 is 15.2 Å². The molecule has 2 aromatic heterocycles. The average Bonchev–Trinajstić information content (AvgIpc) is 3.05. The summed E-state index contributed by atoms with van der Waals surface area (Å²) in [5, 5.41) is 9.99. The first-order chi connectivity index (χ1) is 13.1. The Morgan fingerprint density at radius 3 is 2.93 bits per heavy atom. The second kappa shape index (κ2) is 6.89. The minimum absolute atomic E-state index is 0.0691. The van der Waals surface area contributed by atoms with E-state index >= 15 is 0 Å². The molecule has 0 bridgehead atoms. The van der Waals surface area contributed by atoms with Crippen LogP contribution in [0.15, 0.2) is 41.3 Å². The van der Waals surface area contributed by atoms with E-state index in [1.54, 1.807) is 16.7 Å². The van der Waals surface area contributed by atoms with Gasteiger partial charge in [-0.25, -0.2) is 0 Å². The molecule has 1 aliphatic rings. The topological polar surface area (TPSA) is 92.9 Å². The Hall–Kier alpha value is -3.11. The summed E-state index contributed by atoms with van der Waals surface area (Å²) in [6.45, 7) is 1.79. The molecule has 138 valence electrons. The third-order valence-electron chi connectivity index (χ3n) is 5.17. The predicted molar refractivity (Wildman–Crippen MR) is 105 cm³/mol. The van der Waals surface area contributed by atoms with Gasteiger partial charge in [0.2, 0.25) is 5.95 Å². The van der Waals surface area contributed by atoms with E-state index in [0.29, 0.717) is 35.6 Å². The van der Waals surface area contributed by atoms with Crippen LogP contribution < -0.4 is 16.2 Å². The number of piperidine rings is 1. The smallest absolute Gasteiger partial charge is 0.264 e. The number of anilines is 1. The lowest BCUT2D eigenvalue weighted by molar-refractivity contribution is 0.491. The van der Waals surface area contributed by atoms with Gasteiger partial charge in [0.05, 0.1) is 23.6 Å². The van der Waals surface area contributed by atoms with Gasteiger partial charge in [-0.3, -0.25) is 9.36 Å². The lowest BCUT2D eigenvalue weighted by Gasteiger charge is -2.33. The molecule has 7 nitrogen and oxygen atoms in total. The Kier molecular flexibility index (Phi) is 4.42. The van der Waals surface area contributed by atoms with Gasteiger partial charge in [0, 0.05) is 32.4 Å². The first kappa shape index (κ1) is 17.3. The fraction of sp³-hybridized carbons (Fsp3) is 0.350. The third-order valence-corrected chi connectivity index (χ3v) is 5.17. The molecule has 1 fully saturated rings. The number of fused-ring (bicyclic) bond motifs is 1. The quantitative estimate of drug-likeness (QED) is 0.764. The third kappa shape index (κ3) is 3.09. The Balaban J connectivity index is 1.89. The van der Waals surface area contributed by atoms with Gasteiger partial charge in [0.1, 0.15) is 5.65 Å². The molecule has 27 heavy (non-hydrogen) atoms. The molecule has 0 unspecified atom stereocenters. The van der Waals surface area contributed by atoms with Crippen LogP contribution in [0, 0.1) is 11.3 Å². The van der Waals surface area contributed by atoms with Gasteiger partial charge in [-0.1, -0.05) is 18.2 Å². The number of rotatable bonds is 3. The van der Waals surface area contributed by atoms with Crippen molar-refractivity contribution >= 4 is 17.0 Å². The molecule has 1 aliphatic heterocycles. The van der Waals surface area contributed by atoms with Crippen LogP contribution in [0.25, 0.3) is 11.0 Å². The molecule has 4 rings (SSSR count). The molecular formula is C20H22N6O. The molecule has 2 N–H and O–H groups in total. The summed E-state index contributed by atoms with van der Waals surface area (Å²) < 4.78 is 3.54. The number of aromatic nitrogens is 3. The molecular weight excluding hydrogens is 340 g/mol. The molecule has 0 spiro atoms. The molecule has 0 aliphatic carbocycles. The summed E-state index contributed by atoms with van der Waals surface area (Å²) in [5.74, 6) is 0.622. The average molecular weight is 362 g/mol. The lowest BCUT2D eigenvalue weighted by atomic mass is 10.1. The summed E-state index contributed by atoms with van der Waals surface area (Å²) >= 11 is 0. The molecule has 3 heterocycles. The standard InChI is InChI=1S/C20H22N6O/c1-24-10-8-17-18(24)23-20(25-9-4-7-16(22)13-25)26(19(17)27)12-15-6-3-2-5-14(15)11-21/h2-3,5-6,8,10,16H,4,7,9,12-13,22H2,1H3/t16-/m1/s1. The zero-order valence-corrected chi connectivity index (χ0v) is 15.3. The minimum Gasteiger partial charge on any atom is -0.341 e. The number of aryl methyl sites for hydroxylation is 1. The monoisotopic (exact) mass is 362 g/mol. The first-order valence-corrected chi connectivity index (χ1v) is 9.13. The van der Waals surface area contributed by atoms with Gasteiger partial charge in [-0.2, -0.15) is 10.2 Å². The number of hydrogen-bond acceptors (Lipinski definition) is 5. The predicted octanol–water partition coefficient (Wildman–Crippen LogP) is 1.58. The molecule has 0 radical (unpaired) electrons. The van der Waals surface area contributed by atoms with Crippen LogP contribution >= 0.6 is 0 Å². The van der Waals surface area contributed by atoms with Gasteiger partial charge in [0.15, 0.2) is 0 Å². The van der Waals surface area contributed by atoms with Crippen molar-refractivity contribution in [1.82, 2.24) is 14.1 Å². The van der Waals surface area contributed by atoms with Crippen molar-refractivity contribution < 1.29 is 0 Å². The van der Waals surface area contributed by atoms with Crippen LogP contribution in [0.3, 0.4) is 0 Å². The highest BCUT2D eigenvalue weighted by Crippen LogP contribution is 2.21. The van der Waals surface area contributed by atoms with Crippen LogP contribution in [-0.2, 0) is 13.6 Å². The number of nitrogens with zero attached hydrogens (tertiary/aromatic N) is 5. The minimum atomic E-state index is -0.0949. The fourth-order valence-electron chi connectivity index (χ4n) is 3.73. The maximum absolute atomic E-state index is 13.3. The number of hydrogen-bond donors (Lipinski definition) is 1. The Morgan fingerprint density at radius 2 is 2.15 bits per heavy atom. The van der Waals surface area contributed by atoms with E-state index in [9.17, 15) is 10.1 Å². The van der Waals surface area contributed by atoms with E-state index < -0.39 is 0 Å². The van der Waals surface area contributed by atoms with Crippen LogP contribution in [0.5, 0.6) is 0 Å². The van der Waals surface area contributed by atoms with Crippen LogP contribution in [0.4, 0.5) is 5.95 Å². The van der Waals surface area contributed by atoms with E-state index in [1.807, 2.05) is 36.0 Å². The SMILES string of the molecule is Cn1ccc2c(=O)n(Cc3ccccc3C#N)c(N3CCC[C@@H](N)C3)nc21. The molecule has 1 saturated heterocycles. The summed E-state index contributed by atoms with van der Waals surface area (Å²) in [6.07, 6.45) is 3.79. The largest absolute Gasteiger partial charge is 0.341 e. The van der Waals surface area contributed by atoms with Crippen LogP contribution in [0.2, 0.25) is 0 Å². The van der Waals surface area contributed by atoms with E-state index in [2.05, 4.69) is 11.0 Å². The van der Waals surface area contributed by atoms with E-state index in [0.717, 1.165) is 24.9 Å². The highest BCUT2D eigenvalue weighted by atomic mass is 16.1. The number of nitrogens with two attached hydrogens (primary N) is 1. The first-order valence-electron chi connectivity index (χ1n) is 9.13. The van der Waals surface area contributed by atoms with Crippen molar-refractivity contribution in [2.45, 2.75) is 25.4 Å². The van der Waals surface area contributed by atoms with Gasteiger partial charge in [-0.15, -0.1) is 0 Å². The van der Waals surface area contributed by atoms with Gasteiger partial charge >= 0.3 is 0 Å². The van der Waals surface area contributed by atoms with Gasteiger partial charge in [-0.05, 0) is 30.5 Å². The second-order valence-corrected chi connectivity index (χ2v) is 7.08. The zero-order chi connectivity index (χ0) is 19.0. The Labute approximate surface area is 157 Å². The van der Waals surface area contributed by atoms with Crippen molar-refractivity contribution in [2.75, 3.05) is 18.0 Å². The normalized spacial score (nSPS) is 17.2. The summed E-state index contributed by atoms with van der Waals surface area (Å²) in [7, 11) is 1.88. The highest BCUT2D eigenvalue weighted by molar-refractivity contribution is 5.76. The summed E-state index contributed by atoms with van der Waals surface area (Å²) in [5.41, 5.74) is 8.11. The molecule has 0 saturated carbocycles. The molecule has 1 aromatic carbocycles. The van der Waals surface area contributed by atoms with Crippen molar-refractivity contribution in [3.63, 3.8) is 0 Å². The molecule has 0 amide bonds. The lowest BCUT2D eigenvalue weighted by Crippen LogP contribution is -2.45. The summed E-state index contributed by atoms with van der Waals surface area (Å²) in [4.78, 5) is 20.2. The molecule has 1 atom stereocenters. The summed E-state index contributed by atoms with van der Waals surface area (Å²) in [6, 6.07) is 11.4. The van der Waals surface area contributed by atoms with Gasteiger partial charge in [0.25, 0.3) is 5.56 Å². The highest BCUT2D eigenvalue weighted by Gasteiger charge is 2.23. The maximum atomic E-state index is 13.3. The number of benzene rings is 1. The zero-order valence-electron chi connectivity index (χ0n) is 15.3. The van der Waals surface area contributed by atoms with Crippen LogP contribution in [0.1, 0.15) is 24.0 Å². The number of nitriles is 1. The Morgan fingerprint density at radius 1 is 1.33 bits per heavy atom. The van der Waals surface area contributed by atoms with Crippen molar-refractivity contribution in [2.24, 2.45) is 12.8 Å². The van der Waals surface area contributed by atoms with Crippen LogP contribution in [-0.4, -0.2) is 33.2 Å². The Bertz CT molecular complexity index is 1090. The molecule has 7 heteroatoms. The van der Waals surface area contributed by atoms with E-state index in [-0.39, 0.29) is 11.6 Å². The van der Waals surface area contributed by atoms with Crippen molar-refractivity contribution in [1.29, 1.82) is 5.26 Å². The van der Waals surface area contributed by atoms with E-state index in [1.165, 1.54) is 0 Å². The fourth-order valence-corrected chi connectivity index (χ4v) is 3.73. The van der Waals surface area contributed by atoms with Crippen molar-refractivity contribution in [3.8, 4) is 6.07 Å². The van der Waals surface area contributed by atoms with Crippen molar-refractivity contribution in [3.05, 3.63) is 58.0 Å². The second-order valence-electron chi connectivity index (χ2n) is 7.08. The van der Waals surface area contributed by atoms with E-state index in [4.69, 9.17) is 10.7 Å². The molecule has 3 aromatic rings.